The Balaban J connectivity index is 1.90. The van der Waals surface area contributed by atoms with Crippen LogP contribution in [0.15, 0.2) is 0 Å². The summed E-state index contributed by atoms with van der Waals surface area (Å²) in [4.78, 5) is 37.9. The third-order valence-electron chi connectivity index (χ3n) is 5.52. The molecule has 2 aliphatic heterocycles. The molecule has 0 saturated carbocycles. The number of β-amino-alcohol motifs (C(OH)–C–C–N with tert-alkyl or cyclic N) is 1. The van der Waals surface area contributed by atoms with E-state index in [9.17, 15) is 24.2 Å². The number of hydrogen-bond donors (Lipinski definition) is 2. The van der Waals surface area contributed by atoms with Crippen LogP contribution in [0.5, 0.6) is 0 Å². The van der Waals surface area contributed by atoms with E-state index < -0.39 is 26.1 Å². The lowest BCUT2D eigenvalue weighted by atomic mass is 10.2. The van der Waals surface area contributed by atoms with E-state index in [4.69, 9.17) is 13.8 Å². The van der Waals surface area contributed by atoms with E-state index in [1.54, 1.807) is 30.7 Å². The Morgan fingerprint density at radius 3 is 2.45 bits per heavy atom. The molecule has 1 unspecified atom stereocenters. The first-order valence-electron chi connectivity index (χ1n) is 10.6. The number of hydrogen-bond acceptors (Lipinski definition) is 8. The van der Waals surface area contributed by atoms with Gasteiger partial charge in [-0.05, 0) is 31.3 Å². The van der Waals surface area contributed by atoms with Gasteiger partial charge in [0.25, 0.3) is 0 Å². The van der Waals surface area contributed by atoms with Crippen LogP contribution in [-0.4, -0.2) is 101 Å². The van der Waals surface area contributed by atoms with Crippen LogP contribution in [0.25, 0.3) is 0 Å². The largest absolute Gasteiger partial charge is 0.472 e. The number of phosphoric acid groups is 1. The minimum Gasteiger partial charge on any atom is -0.391 e. The first-order valence-corrected chi connectivity index (χ1v) is 13.5. The molecule has 10 nitrogen and oxygen atoms in total. The fraction of sp³-hybridized carbons (Fsp3) is 0.895. The molecule has 31 heavy (non-hydrogen) atoms. The van der Waals surface area contributed by atoms with Crippen LogP contribution in [0, 0.1) is 0 Å². The van der Waals surface area contributed by atoms with Gasteiger partial charge in [0.1, 0.15) is 0 Å². The maximum atomic E-state index is 12.6. The van der Waals surface area contributed by atoms with E-state index in [2.05, 4.69) is 0 Å². The van der Waals surface area contributed by atoms with Crippen molar-refractivity contribution in [3.63, 3.8) is 0 Å². The fourth-order valence-electron chi connectivity index (χ4n) is 4.07. The molecule has 0 aliphatic carbocycles. The molecule has 2 fully saturated rings. The number of ether oxygens (including phenoxy) is 1. The van der Waals surface area contributed by atoms with Crippen molar-refractivity contribution >= 4 is 31.4 Å². The first-order chi connectivity index (χ1) is 14.7. The van der Waals surface area contributed by atoms with Crippen LogP contribution in [0.1, 0.15) is 39.0 Å². The predicted molar refractivity (Wildman–Crippen MR) is 117 cm³/mol. The quantitative estimate of drug-likeness (QED) is 0.312. The second-order valence-electron chi connectivity index (χ2n) is 7.92. The number of likely N-dealkylation sites (tertiary alicyclic amines) is 2. The van der Waals surface area contributed by atoms with Gasteiger partial charge in [-0.2, -0.15) is 11.8 Å². The van der Waals surface area contributed by atoms with Gasteiger partial charge in [-0.1, -0.05) is 6.92 Å². The normalized spacial score (nSPS) is 28.2. The molecule has 2 heterocycles. The van der Waals surface area contributed by atoms with Crippen molar-refractivity contribution in [1.82, 2.24) is 9.80 Å². The van der Waals surface area contributed by atoms with Crippen LogP contribution < -0.4 is 0 Å². The third kappa shape index (κ3) is 7.99. The highest BCUT2D eigenvalue weighted by atomic mass is 32.2. The highest BCUT2D eigenvalue weighted by molar-refractivity contribution is 7.98. The predicted octanol–water partition coefficient (Wildman–Crippen LogP) is 1.25. The zero-order valence-electron chi connectivity index (χ0n) is 18.5. The van der Waals surface area contributed by atoms with E-state index in [0.29, 0.717) is 19.4 Å². The first kappa shape index (κ1) is 26.6. The number of carbonyl (C=O) groups excluding carboxylic acids is 2. The molecule has 2 saturated heterocycles. The number of aliphatic hydroxyl groups is 1. The summed E-state index contributed by atoms with van der Waals surface area (Å²) in [6.45, 7) is 2.21. The number of nitrogens with zero attached hydrogens (tertiary/aromatic N) is 2. The minimum atomic E-state index is -4.41. The molecule has 0 aromatic heterocycles. The van der Waals surface area contributed by atoms with Gasteiger partial charge in [-0.15, -0.1) is 0 Å². The van der Waals surface area contributed by atoms with Gasteiger partial charge >= 0.3 is 7.82 Å². The van der Waals surface area contributed by atoms with Gasteiger partial charge in [0, 0.05) is 33.0 Å². The summed E-state index contributed by atoms with van der Waals surface area (Å²) in [5.74, 6) is 0.721. The van der Waals surface area contributed by atoms with E-state index in [1.807, 2.05) is 6.26 Å². The Bertz CT molecular complexity index is 654. The summed E-state index contributed by atoms with van der Waals surface area (Å²) in [6.07, 6.45) is 2.76. The van der Waals surface area contributed by atoms with Gasteiger partial charge in [0.2, 0.25) is 11.8 Å². The lowest BCUT2D eigenvalue weighted by molar-refractivity contribution is -0.133. The van der Waals surface area contributed by atoms with Gasteiger partial charge < -0.3 is 24.5 Å². The number of carbonyl (C=O) groups is 2. The van der Waals surface area contributed by atoms with Crippen molar-refractivity contribution in [3.8, 4) is 0 Å². The smallest absolute Gasteiger partial charge is 0.391 e. The summed E-state index contributed by atoms with van der Waals surface area (Å²) in [6, 6.07) is -0.703. The number of rotatable bonds is 12. The zero-order chi connectivity index (χ0) is 23.0. The summed E-state index contributed by atoms with van der Waals surface area (Å²) in [5.41, 5.74) is 0. The number of phosphoric ester groups is 1. The van der Waals surface area contributed by atoms with Gasteiger partial charge in [-0.3, -0.25) is 18.6 Å². The average Bonchev–Trinajstić information content (AvgIpc) is 3.29. The van der Waals surface area contributed by atoms with Crippen LogP contribution in [0.3, 0.4) is 0 Å². The summed E-state index contributed by atoms with van der Waals surface area (Å²) in [7, 11) is -2.86. The summed E-state index contributed by atoms with van der Waals surface area (Å²) >= 11 is 1.68. The Labute approximate surface area is 188 Å². The Hall–Kier alpha value is -0.680. The third-order valence-corrected chi connectivity index (χ3v) is 7.26. The van der Waals surface area contributed by atoms with E-state index in [1.165, 1.54) is 4.90 Å². The van der Waals surface area contributed by atoms with Gasteiger partial charge in [0.05, 0.1) is 37.5 Å². The molecule has 180 valence electrons. The molecule has 2 amide bonds. The van der Waals surface area contributed by atoms with E-state index in [0.717, 1.165) is 12.2 Å². The van der Waals surface area contributed by atoms with Crippen molar-refractivity contribution in [2.75, 3.05) is 45.4 Å². The molecule has 2 aliphatic rings. The van der Waals surface area contributed by atoms with Crippen LogP contribution in [0.4, 0.5) is 0 Å². The molecule has 0 radical (unpaired) electrons. The Morgan fingerprint density at radius 2 is 1.81 bits per heavy atom. The number of thioether (sulfide) groups is 1. The standard InChI is InChI=1S/C19H35N2O8PS/c1-4-18(23)20-10-16(22)8-14(20)13-28-30(25,26)29-17-9-15(12-27-2)21(11-17)19(24)6-5-7-31-3/h14-17,22H,4-13H2,1-3H3,(H,25,26)/t14-,15-,16+,17+/m0/s1. The van der Waals surface area contributed by atoms with Crippen molar-refractivity contribution < 1.29 is 37.9 Å². The van der Waals surface area contributed by atoms with Crippen molar-refractivity contribution in [2.24, 2.45) is 0 Å². The lowest BCUT2D eigenvalue weighted by Crippen LogP contribution is -2.38. The van der Waals surface area contributed by atoms with Crippen molar-refractivity contribution in [1.29, 1.82) is 0 Å². The molecule has 2 N–H and O–H groups in total. The van der Waals surface area contributed by atoms with Gasteiger partial charge in [-0.25, -0.2) is 4.57 Å². The molecule has 0 bridgehead atoms. The molecule has 0 aromatic rings. The van der Waals surface area contributed by atoms with Gasteiger partial charge in [0.15, 0.2) is 0 Å². The zero-order valence-corrected chi connectivity index (χ0v) is 20.2. The molecule has 12 heteroatoms. The van der Waals surface area contributed by atoms with Crippen LogP contribution in [-0.2, 0) is 27.9 Å². The maximum absolute atomic E-state index is 12.6. The number of amides is 2. The monoisotopic (exact) mass is 482 g/mol. The highest BCUT2D eigenvalue weighted by Gasteiger charge is 2.41. The Kier molecular flexibility index (Phi) is 10.7. The molecule has 5 atom stereocenters. The topological polar surface area (TPSA) is 126 Å². The second-order valence-corrected chi connectivity index (χ2v) is 10.3. The van der Waals surface area contributed by atoms with Crippen LogP contribution >= 0.6 is 19.6 Å². The van der Waals surface area contributed by atoms with E-state index >= 15 is 0 Å². The number of methoxy groups -OCH3 is 1. The van der Waals surface area contributed by atoms with E-state index in [-0.39, 0.29) is 50.4 Å². The van der Waals surface area contributed by atoms with Crippen molar-refractivity contribution in [2.45, 2.75) is 63.3 Å². The van der Waals surface area contributed by atoms with Crippen LogP contribution in [0.2, 0.25) is 0 Å². The lowest BCUT2D eigenvalue weighted by Gasteiger charge is -2.25. The second kappa shape index (κ2) is 12.5. The molecular weight excluding hydrogens is 447 g/mol. The highest BCUT2D eigenvalue weighted by Crippen LogP contribution is 2.47. The molecular formula is C19H35N2O8PS. The number of aliphatic hydroxyl groups excluding tert-OH is 1. The average molecular weight is 483 g/mol. The molecule has 0 spiro atoms. The van der Waals surface area contributed by atoms with Crippen molar-refractivity contribution in [3.05, 3.63) is 0 Å². The molecule has 0 aromatic carbocycles. The maximum Gasteiger partial charge on any atom is 0.472 e. The Morgan fingerprint density at radius 1 is 1.13 bits per heavy atom. The summed E-state index contributed by atoms with van der Waals surface area (Å²) in [5, 5.41) is 9.85. The molecule has 2 rings (SSSR count). The summed E-state index contributed by atoms with van der Waals surface area (Å²) < 4.78 is 28.2. The minimum absolute atomic E-state index is 0.0236. The SMILES string of the molecule is CCC(=O)N1C[C@H](O)C[C@H]1COP(=O)(O)O[C@@H]1C[C@@H](COC)N(C(=O)CCCSC)C1. The fourth-order valence-corrected chi connectivity index (χ4v) is 5.46.